The van der Waals surface area contributed by atoms with Crippen molar-refractivity contribution in [2.75, 3.05) is 5.32 Å². The van der Waals surface area contributed by atoms with Crippen LogP contribution in [-0.4, -0.2) is 26.6 Å². The number of hydrogen-bond donors (Lipinski definition) is 2. The van der Waals surface area contributed by atoms with Crippen molar-refractivity contribution in [3.63, 3.8) is 0 Å². The first-order chi connectivity index (χ1) is 21.0. The van der Waals surface area contributed by atoms with Crippen LogP contribution < -0.4 is 10.6 Å². The number of fused-ring (bicyclic) bond motifs is 1. The van der Waals surface area contributed by atoms with Gasteiger partial charge >= 0.3 is 0 Å². The van der Waals surface area contributed by atoms with E-state index in [-0.39, 0.29) is 17.7 Å². The molecule has 1 unspecified atom stereocenters. The van der Waals surface area contributed by atoms with Crippen LogP contribution in [0.3, 0.4) is 0 Å². The molecule has 2 aromatic carbocycles. The molecule has 224 valence electrons. The number of hydrogen-bond acceptors (Lipinski definition) is 4. The number of carbonyl (C=O) groups excluding carboxylic acids is 2. The molecule has 1 aliphatic carbocycles. The van der Waals surface area contributed by atoms with Gasteiger partial charge in [0.25, 0.3) is 0 Å². The lowest BCUT2D eigenvalue weighted by Crippen LogP contribution is -2.22. The van der Waals surface area contributed by atoms with E-state index in [1.54, 1.807) is 10.9 Å². The molecule has 4 aromatic rings. The highest BCUT2D eigenvalue weighted by Crippen LogP contribution is 2.33. The normalized spacial score (nSPS) is 14.5. The standard InChI is InChI=1S/C36H43N5O2/c1-3-5-6-7-18-34(42)37-23-27-24-38-41(25-27)31-16-11-15-30(22-31)39-36(43)32-17-9-8-13-28-19-20-33(40-35(28)32)29-14-10-12-26(4-2)21-29/h10-12,14-16,19-22,24-25,32H,3-9,13,17-18,23H2,1-2H3,(H,37,42)(H,39,43). The fourth-order valence-electron chi connectivity index (χ4n) is 5.73. The van der Waals surface area contributed by atoms with Crippen LogP contribution in [0.4, 0.5) is 5.69 Å². The molecule has 2 amide bonds. The van der Waals surface area contributed by atoms with E-state index >= 15 is 0 Å². The number of aryl methyl sites for hydroxylation is 2. The second kappa shape index (κ2) is 14.8. The lowest BCUT2D eigenvalue weighted by molar-refractivity contribution is -0.121. The monoisotopic (exact) mass is 577 g/mol. The van der Waals surface area contributed by atoms with Crippen molar-refractivity contribution in [3.05, 3.63) is 95.4 Å². The van der Waals surface area contributed by atoms with E-state index in [9.17, 15) is 9.59 Å². The first-order valence-corrected chi connectivity index (χ1v) is 15.8. The summed E-state index contributed by atoms with van der Waals surface area (Å²) in [6.07, 6.45) is 13.3. The number of carbonyl (C=O) groups is 2. The Morgan fingerprint density at radius 3 is 2.70 bits per heavy atom. The molecule has 1 aliphatic rings. The molecule has 2 heterocycles. The molecule has 2 N–H and O–H groups in total. The Morgan fingerprint density at radius 1 is 0.953 bits per heavy atom. The van der Waals surface area contributed by atoms with Gasteiger partial charge in [0.1, 0.15) is 0 Å². The first-order valence-electron chi connectivity index (χ1n) is 15.8. The Balaban J connectivity index is 1.26. The molecule has 0 saturated carbocycles. The third kappa shape index (κ3) is 7.98. The summed E-state index contributed by atoms with van der Waals surface area (Å²) in [7, 11) is 0. The third-order valence-electron chi connectivity index (χ3n) is 8.24. The van der Waals surface area contributed by atoms with Crippen molar-refractivity contribution in [2.45, 2.75) is 90.5 Å². The van der Waals surface area contributed by atoms with Gasteiger partial charge in [0.15, 0.2) is 0 Å². The molecule has 0 saturated heterocycles. The SMILES string of the molecule is CCCCCCC(=O)NCc1cnn(-c2cccc(NC(=O)C3CCCCc4ccc(-c5cccc(CC)c5)nc43)c2)c1. The highest BCUT2D eigenvalue weighted by molar-refractivity contribution is 5.96. The Kier molecular flexibility index (Phi) is 10.4. The number of aromatic nitrogens is 3. The topological polar surface area (TPSA) is 88.9 Å². The summed E-state index contributed by atoms with van der Waals surface area (Å²) in [6, 6.07) is 20.5. The van der Waals surface area contributed by atoms with Crippen molar-refractivity contribution in [2.24, 2.45) is 0 Å². The van der Waals surface area contributed by atoms with E-state index in [1.807, 2.05) is 30.5 Å². The van der Waals surface area contributed by atoms with Crippen molar-refractivity contribution in [1.29, 1.82) is 0 Å². The van der Waals surface area contributed by atoms with Crippen molar-refractivity contribution >= 4 is 17.5 Å². The smallest absolute Gasteiger partial charge is 0.233 e. The minimum absolute atomic E-state index is 0.0323. The van der Waals surface area contributed by atoms with Gasteiger partial charge in [-0.3, -0.25) is 14.6 Å². The molecule has 0 spiro atoms. The summed E-state index contributed by atoms with van der Waals surface area (Å²) in [5, 5.41) is 10.7. The molecule has 7 heteroatoms. The molecule has 5 rings (SSSR count). The van der Waals surface area contributed by atoms with Crippen LogP contribution in [0, 0.1) is 0 Å². The fraction of sp³-hybridized carbons (Fsp3) is 0.389. The summed E-state index contributed by atoms with van der Waals surface area (Å²) in [5.74, 6) is -0.267. The molecule has 0 bridgehead atoms. The summed E-state index contributed by atoms with van der Waals surface area (Å²) >= 11 is 0. The maximum Gasteiger partial charge on any atom is 0.233 e. The molecular formula is C36H43N5O2. The van der Waals surface area contributed by atoms with Crippen molar-refractivity contribution in [1.82, 2.24) is 20.1 Å². The lowest BCUT2D eigenvalue weighted by Gasteiger charge is -2.18. The number of nitrogens with zero attached hydrogens (tertiary/aromatic N) is 3. The fourth-order valence-corrected chi connectivity index (χ4v) is 5.73. The largest absolute Gasteiger partial charge is 0.352 e. The van der Waals surface area contributed by atoms with Gasteiger partial charge in [-0.05, 0) is 73.6 Å². The molecule has 0 aliphatic heterocycles. The average Bonchev–Trinajstić information content (AvgIpc) is 3.41. The first kappa shape index (κ1) is 30.2. The summed E-state index contributed by atoms with van der Waals surface area (Å²) < 4.78 is 1.78. The highest BCUT2D eigenvalue weighted by atomic mass is 16.2. The summed E-state index contributed by atoms with van der Waals surface area (Å²) in [4.78, 5) is 31.0. The minimum Gasteiger partial charge on any atom is -0.352 e. The number of benzene rings is 2. The second-order valence-electron chi connectivity index (χ2n) is 11.5. The van der Waals surface area contributed by atoms with Crippen LogP contribution in [-0.2, 0) is 29.0 Å². The van der Waals surface area contributed by atoms with Gasteiger partial charge in [-0.1, -0.05) is 69.9 Å². The van der Waals surface area contributed by atoms with Crippen molar-refractivity contribution < 1.29 is 9.59 Å². The Labute approximate surface area is 255 Å². The van der Waals surface area contributed by atoms with Gasteiger partial charge < -0.3 is 10.6 Å². The summed E-state index contributed by atoms with van der Waals surface area (Å²) in [5.41, 5.74) is 7.83. The molecule has 43 heavy (non-hydrogen) atoms. The zero-order valence-corrected chi connectivity index (χ0v) is 25.4. The Hall–Kier alpha value is -4.26. The molecule has 1 atom stereocenters. The van der Waals surface area contributed by atoms with Gasteiger partial charge in [-0.2, -0.15) is 5.10 Å². The van der Waals surface area contributed by atoms with Gasteiger partial charge in [0.2, 0.25) is 11.8 Å². The van der Waals surface area contributed by atoms with E-state index < -0.39 is 0 Å². The number of unbranched alkanes of at least 4 members (excludes halogenated alkanes) is 3. The quantitative estimate of drug-likeness (QED) is 0.135. The lowest BCUT2D eigenvalue weighted by atomic mass is 9.95. The van der Waals surface area contributed by atoms with Crippen LogP contribution in [0.5, 0.6) is 0 Å². The molecule has 0 fully saturated rings. The molecule has 0 radical (unpaired) electrons. The maximum absolute atomic E-state index is 13.7. The van der Waals surface area contributed by atoms with Crippen LogP contribution >= 0.6 is 0 Å². The van der Waals surface area contributed by atoms with E-state index in [4.69, 9.17) is 4.98 Å². The predicted molar refractivity (Wildman–Crippen MR) is 172 cm³/mol. The second-order valence-corrected chi connectivity index (χ2v) is 11.5. The van der Waals surface area contributed by atoms with Crippen molar-refractivity contribution in [3.8, 4) is 16.9 Å². The van der Waals surface area contributed by atoms with Crippen LogP contribution in [0.15, 0.2) is 73.1 Å². The zero-order valence-electron chi connectivity index (χ0n) is 25.4. The maximum atomic E-state index is 13.7. The molecule has 2 aromatic heterocycles. The van der Waals surface area contributed by atoms with Gasteiger partial charge in [-0.15, -0.1) is 0 Å². The average molecular weight is 578 g/mol. The number of rotatable bonds is 12. The highest BCUT2D eigenvalue weighted by Gasteiger charge is 2.27. The third-order valence-corrected chi connectivity index (χ3v) is 8.24. The molecule has 7 nitrogen and oxygen atoms in total. The predicted octanol–water partition coefficient (Wildman–Crippen LogP) is 7.53. The van der Waals surface area contributed by atoms with Gasteiger partial charge in [0, 0.05) is 36.0 Å². The van der Waals surface area contributed by atoms with E-state index in [0.29, 0.717) is 13.0 Å². The zero-order chi connectivity index (χ0) is 30.0. The van der Waals surface area contributed by atoms with Gasteiger partial charge in [0.05, 0.1) is 29.2 Å². The summed E-state index contributed by atoms with van der Waals surface area (Å²) in [6.45, 7) is 4.77. The van der Waals surface area contributed by atoms with Gasteiger partial charge in [-0.25, -0.2) is 4.68 Å². The number of anilines is 1. The minimum atomic E-state index is -0.308. The van der Waals surface area contributed by atoms with E-state index in [2.05, 4.69) is 66.0 Å². The van der Waals surface area contributed by atoms with Crippen LogP contribution in [0.25, 0.3) is 16.9 Å². The molecular weight excluding hydrogens is 534 g/mol. The van der Waals surface area contributed by atoms with Crippen LogP contribution in [0.1, 0.15) is 93.5 Å². The van der Waals surface area contributed by atoms with E-state index in [1.165, 1.54) is 17.5 Å². The number of pyridine rings is 1. The number of amides is 2. The van der Waals surface area contributed by atoms with Crippen LogP contribution in [0.2, 0.25) is 0 Å². The Bertz CT molecular complexity index is 1540. The van der Waals surface area contributed by atoms with E-state index in [0.717, 1.165) is 85.3 Å². The number of nitrogens with one attached hydrogen (secondary N) is 2. The Morgan fingerprint density at radius 2 is 1.84 bits per heavy atom.